The highest BCUT2D eigenvalue weighted by molar-refractivity contribution is 5.94. The second-order valence-electron chi connectivity index (χ2n) is 7.17. The van der Waals surface area contributed by atoms with Crippen molar-refractivity contribution in [1.29, 1.82) is 0 Å². The van der Waals surface area contributed by atoms with Gasteiger partial charge in [0.05, 0.1) is 26.4 Å². The zero-order chi connectivity index (χ0) is 20.1. The first-order valence-electron chi connectivity index (χ1n) is 9.98. The third kappa shape index (κ3) is 4.42. The van der Waals surface area contributed by atoms with Crippen molar-refractivity contribution in [3.05, 3.63) is 77.9 Å². The van der Waals surface area contributed by atoms with Crippen molar-refractivity contribution >= 4 is 16.7 Å². The lowest BCUT2D eigenvalue weighted by atomic mass is 9.97. The molecule has 1 amide bonds. The Kier molecular flexibility index (Phi) is 6.08. The molecule has 5 heteroatoms. The van der Waals surface area contributed by atoms with Crippen molar-refractivity contribution in [2.45, 2.75) is 6.04 Å². The molecule has 1 aliphatic rings. The Morgan fingerprint density at radius 2 is 1.76 bits per heavy atom. The van der Waals surface area contributed by atoms with E-state index in [9.17, 15) is 4.79 Å². The van der Waals surface area contributed by atoms with E-state index in [1.54, 1.807) is 31.4 Å². The minimum atomic E-state index is -0.0776. The maximum absolute atomic E-state index is 12.7. The molecule has 5 nitrogen and oxygen atoms in total. The summed E-state index contributed by atoms with van der Waals surface area (Å²) < 4.78 is 10.7. The number of nitrogens with zero attached hydrogens (tertiary/aromatic N) is 1. The third-order valence-electron chi connectivity index (χ3n) is 5.48. The third-order valence-corrected chi connectivity index (χ3v) is 5.48. The molecular formula is C24H26N2O3. The van der Waals surface area contributed by atoms with Gasteiger partial charge in [0.25, 0.3) is 5.91 Å². The smallest absolute Gasteiger partial charge is 0.251 e. The first-order chi connectivity index (χ1) is 14.3. The molecule has 1 fully saturated rings. The minimum absolute atomic E-state index is 0.0776. The summed E-state index contributed by atoms with van der Waals surface area (Å²) in [5.74, 6) is 0.662. The van der Waals surface area contributed by atoms with Gasteiger partial charge in [-0.15, -0.1) is 0 Å². The molecule has 150 valence electrons. The molecule has 1 atom stereocenters. The van der Waals surface area contributed by atoms with E-state index in [1.807, 2.05) is 0 Å². The number of fused-ring (bicyclic) bond motifs is 1. The Morgan fingerprint density at radius 1 is 1.03 bits per heavy atom. The molecule has 0 bridgehead atoms. The first-order valence-corrected chi connectivity index (χ1v) is 9.98. The summed E-state index contributed by atoms with van der Waals surface area (Å²) in [7, 11) is 1.62. The van der Waals surface area contributed by atoms with E-state index in [1.165, 1.54) is 16.3 Å². The van der Waals surface area contributed by atoms with E-state index in [-0.39, 0.29) is 11.9 Å². The van der Waals surface area contributed by atoms with Crippen LogP contribution >= 0.6 is 0 Å². The number of carbonyl (C=O) groups excluding carboxylic acids is 1. The van der Waals surface area contributed by atoms with Gasteiger partial charge in [0.15, 0.2) is 0 Å². The highest BCUT2D eigenvalue weighted by Crippen LogP contribution is 2.28. The molecule has 29 heavy (non-hydrogen) atoms. The summed E-state index contributed by atoms with van der Waals surface area (Å²) in [6, 6.07) is 22.1. The molecule has 1 N–H and O–H groups in total. The van der Waals surface area contributed by atoms with Crippen LogP contribution in [0.25, 0.3) is 10.8 Å². The van der Waals surface area contributed by atoms with E-state index in [2.05, 4.69) is 52.7 Å². The summed E-state index contributed by atoms with van der Waals surface area (Å²) in [4.78, 5) is 15.1. The number of amides is 1. The summed E-state index contributed by atoms with van der Waals surface area (Å²) in [5, 5.41) is 5.57. The summed E-state index contributed by atoms with van der Waals surface area (Å²) >= 11 is 0. The van der Waals surface area contributed by atoms with Gasteiger partial charge < -0.3 is 14.8 Å². The molecule has 3 aromatic carbocycles. The number of rotatable bonds is 6. The lowest BCUT2D eigenvalue weighted by Gasteiger charge is -2.35. The fourth-order valence-corrected chi connectivity index (χ4v) is 3.90. The zero-order valence-corrected chi connectivity index (χ0v) is 16.6. The molecule has 1 aliphatic heterocycles. The van der Waals surface area contributed by atoms with E-state index >= 15 is 0 Å². The molecule has 0 saturated carbocycles. The summed E-state index contributed by atoms with van der Waals surface area (Å²) in [5.41, 5.74) is 1.87. The van der Waals surface area contributed by atoms with Crippen LogP contribution in [0.1, 0.15) is 22.0 Å². The highest BCUT2D eigenvalue weighted by Gasteiger charge is 2.24. The quantitative estimate of drug-likeness (QED) is 0.698. The van der Waals surface area contributed by atoms with Gasteiger partial charge in [-0.25, -0.2) is 0 Å². The molecule has 1 heterocycles. The maximum atomic E-state index is 12.7. The maximum Gasteiger partial charge on any atom is 0.251 e. The van der Waals surface area contributed by atoms with E-state index in [0.717, 1.165) is 18.8 Å². The highest BCUT2D eigenvalue weighted by atomic mass is 16.5. The Morgan fingerprint density at radius 3 is 2.52 bits per heavy atom. The van der Waals surface area contributed by atoms with Crippen LogP contribution in [-0.2, 0) is 4.74 Å². The normalized spacial score (nSPS) is 15.8. The standard InChI is InChI=1S/C24H26N2O3/c1-28-20-11-9-19(10-12-20)24(27)25-17-23(26-13-15-29-16-14-26)22-8-4-6-18-5-2-3-7-21(18)22/h2-12,23H,13-17H2,1H3,(H,25,27)/t23-/m0/s1. The second kappa shape index (κ2) is 9.07. The Labute approximate surface area is 171 Å². The minimum Gasteiger partial charge on any atom is -0.497 e. The lowest BCUT2D eigenvalue weighted by molar-refractivity contribution is 0.0165. The van der Waals surface area contributed by atoms with Gasteiger partial charge in [-0.3, -0.25) is 9.69 Å². The van der Waals surface area contributed by atoms with Crippen LogP contribution < -0.4 is 10.1 Å². The SMILES string of the molecule is COc1ccc(C(=O)NC[C@@H](c2cccc3ccccc23)N2CCOCC2)cc1. The van der Waals surface area contributed by atoms with Crippen LogP contribution in [0.4, 0.5) is 0 Å². The van der Waals surface area contributed by atoms with Gasteiger partial charge in [-0.1, -0.05) is 42.5 Å². The van der Waals surface area contributed by atoms with Crippen molar-refractivity contribution in [3.63, 3.8) is 0 Å². The number of benzene rings is 3. The zero-order valence-electron chi connectivity index (χ0n) is 16.6. The molecule has 0 spiro atoms. The second-order valence-corrected chi connectivity index (χ2v) is 7.17. The van der Waals surface area contributed by atoms with E-state index in [4.69, 9.17) is 9.47 Å². The van der Waals surface area contributed by atoms with E-state index in [0.29, 0.717) is 25.3 Å². The number of hydrogen-bond acceptors (Lipinski definition) is 4. The van der Waals surface area contributed by atoms with Crippen LogP contribution in [-0.4, -0.2) is 50.8 Å². The van der Waals surface area contributed by atoms with Gasteiger partial charge in [-0.05, 0) is 40.6 Å². The number of ether oxygens (including phenoxy) is 2. The van der Waals surface area contributed by atoms with Gasteiger partial charge in [-0.2, -0.15) is 0 Å². The summed E-state index contributed by atoms with van der Waals surface area (Å²) in [6.45, 7) is 3.68. The average molecular weight is 390 g/mol. The van der Waals surface area contributed by atoms with Crippen molar-refractivity contribution < 1.29 is 14.3 Å². The van der Waals surface area contributed by atoms with Crippen LogP contribution in [0.5, 0.6) is 5.75 Å². The van der Waals surface area contributed by atoms with Gasteiger partial charge in [0.2, 0.25) is 0 Å². The van der Waals surface area contributed by atoms with Gasteiger partial charge >= 0.3 is 0 Å². The lowest BCUT2D eigenvalue weighted by Crippen LogP contribution is -2.43. The van der Waals surface area contributed by atoms with Crippen LogP contribution in [0, 0.1) is 0 Å². The first kappa shape index (κ1) is 19.4. The number of hydrogen-bond donors (Lipinski definition) is 1. The molecule has 3 aromatic rings. The number of carbonyl (C=O) groups is 1. The van der Waals surface area contributed by atoms with Crippen LogP contribution in [0.3, 0.4) is 0 Å². The molecule has 0 aromatic heterocycles. The predicted octanol–water partition coefficient (Wildman–Crippen LogP) is 3.65. The van der Waals surface area contributed by atoms with Crippen molar-refractivity contribution in [2.75, 3.05) is 40.0 Å². The van der Waals surface area contributed by atoms with Crippen molar-refractivity contribution in [1.82, 2.24) is 10.2 Å². The van der Waals surface area contributed by atoms with Gasteiger partial charge in [0.1, 0.15) is 5.75 Å². The molecule has 0 unspecified atom stereocenters. The van der Waals surface area contributed by atoms with Crippen LogP contribution in [0.15, 0.2) is 66.7 Å². The fraction of sp³-hybridized carbons (Fsp3) is 0.292. The Balaban J connectivity index is 1.58. The molecule has 0 aliphatic carbocycles. The number of morpholine rings is 1. The van der Waals surface area contributed by atoms with Crippen LogP contribution in [0.2, 0.25) is 0 Å². The molecule has 1 saturated heterocycles. The Hall–Kier alpha value is -2.89. The van der Waals surface area contributed by atoms with Gasteiger partial charge in [0, 0.05) is 25.2 Å². The molecule has 4 rings (SSSR count). The topological polar surface area (TPSA) is 50.8 Å². The fourth-order valence-electron chi connectivity index (χ4n) is 3.90. The number of methoxy groups -OCH3 is 1. The molecular weight excluding hydrogens is 364 g/mol. The average Bonchev–Trinajstić information content (AvgIpc) is 2.80. The van der Waals surface area contributed by atoms with Crippen molar-refractivity contribution in [2.24, 2.45) is 0 Å². The van der Waals surface area contributed by atoms with Crippen molar-refractivity contribution in [3.8, 4) is 5.75 Å². The largest absolute Gasteiger partial charge is 0.497 e. The number of nitrogens with one attached hydrogen (secondary N) is 1. The monoisotopic (exact) mass is 390 g/mol. The molecule has 0 radical (unpaired) electrons. The Bertz CT molecular complexity index is 960. The predicted molar refractivity (Wildman–Crippen MR) is 114 cm³/mol. The van der Waals surface area contributed by atoms with E-state index < -0.39 is 0 Å². The summed E-state index contributed by atoms with van der Waals surface area (Å²) in [6.07, 6.45) is 0.